The third-order valence-corrected chi connectivity index (χ3v) is 5.34. The van der Waals surface area contributed by atoms with Crippen molar-refractivity contribution in [3.63, 3.8) is 0 Å². The molecule has 29 heavy (non-hydrogen) atoms. The molecule has 0 bridgehead atoms. The molecule has 1 unspecified atom stereocenters. The van der Waals surface area contributed by atoms with Gasteiger partial charge in [-0.15, -0.1) is 0 Å². The third kappa shape index (κ3) is 4.24. The molecule has 0 aliphatic heterocycles. The van der Waals surface area contributed by atoms with E-state index in [2.05, 4.69) is 5.32 Å². The molecule has 2 amide bonds. The van der Waals surface area contributed by atoms with Crippen LogP contribution in [-0.4, -0.2) is 23.8 Å². The second kappa shape index (κ2) is 8.35. The van der Waals surface area contributed by atoms with E-state index in [1.807, 2.05) is 70.2 Å². The molecular formula is C24H26N2O3. The summed E-state index contributed by atoms with van der Waals surface area (Å²) in [4.78, 5) is 27.2. The number of amides is 2. The van der Waals surface area contributed by atoms with Crippen LogP contribution >= 0.6 is 0 Å². The summed E-state index contributed by atoms with van der Waals surface area (Å²) in [6, 6.07) is 16.5. The van der Waals surface area contributed by atoms with Gasteiger partial charge in [0.2, 0.25) is 0 Å². The lowest BCUT2D eigenvalue weighted by atomic mass is 10.0. The summed E-state index contributed by atoms with van der Waals surface area (Å²) in [5.74, 6) is 1.15. The Morgan fingerprint density at radius 2 is 1.66 bits per heavy atom. The number of carbonyl (C=O) groups is 2. The number of nitrogens with one attached hydrogen (secondary N) is 1. The monoisotopic (exact) mass is 390 g/mol. The largest absolute Gasteiger partial charge is 0.466 e. The highest BCUT2D eigenvalue weighted by molar-refractivity contribution is 6.04. The van der Waals surface area contributed by atoms with Crippen molar-refractivity contribution in [2.24, 2.45) is 0 Å². The second-order valence-corrected chi connectivity index (χ2v) is 7.25. The molecule has 5 nitrogen and oxygen atoms in total. The van der Waals surface area contributed by atoms with Crippen molar-refractivity contribution in [3.05, 3.63) is 88.4 Å². The number of aryl methyl sites for hydroxylation is 2. The zero-order chi connectivity index (χ0) is 21.1. The molecule has 1 N–H and O–H groups in total. The van der Waals surface area contributed by atoms with Crippen LogP contribution in [0.5, 0.6) is 0 Å². The van der Waals surface area contributed by atoms with Gasteiger partial charge in [0.15, 0.2) is 0 Å². The zero-order valence-electron chi connectivity index (χ0n) is 17.4. The minimum atomic E-state index is -0.176. The van der Waals surface area contributed by atoms with E-state index in [1.165, 1.54) is 0 Å². The van der Waals surface area contributed by atoms with Crippen LogP contribution in [0.3, 0.4) is 0 Å². The number of benzene rings is 2. The minimum Gasteiger partial charge on any atom is -0.466 e. The van der Waals surface area contributed by atoms with Crippen LogP contribution in [-0.2, 0) is 0 Å². The van der Waals surface area contributed by atoms with Crippen molar-refractivity contribution in [3.8, 4) is 0 Å². The first-order valence-corrected chi connectivity index (χ1v) is 9.59. The highest BCUT2D eigenvalue weighted by atomic mass is 16.3. The Hall–Kier alpha value is -3.34. The maximum atomic E-state index is 13.1. The molecule has 2 aromatic carbocycles. The molecule has 150 valence electrons. The Kier molecular flexibility index (Phi) is 5.87. The quantitative estimate of drug-likeness (QED) is 0.644. The predicted octanol–water partition coefficient (Wildman–Crippen LogP) is 5.29. The Bertz CT molecular complexity index is 1040. The Labute approximate surface area is 171 Å². The van der Waals surface area contributed by atoms with Crippen molar-refractivity contribution in [1.29, 1.82) is 0 Å². The number of furan rings is 1. The zero-order valence-corrected chi connectivity index (χ0v) is 17.4. The maximum absolute atomic E-state index is 13.1. The van der Waals surface area contributed by atoms with Crippen LogP contribution in [0.15, 0.2) is 59.0 Å². The first-order valence-electron chi connectivity index (χ1n) is 9.59. The molecule has 0 spiro atoms. The summed E-state index contributed by atoms with van der Waals surface area (Å²) in [5, 5.41) is 2.92. The van der Waals surface area contributed by atoms with Crippen LogP contribution < -0.4 is 5.32 Å². The van der Waals surface area contributed by atoms with E-state index in [1.54, 1.807) is 24.1 Å². The van der Waals surface area contributed by atoms with Gasteiger partial charge >= 0.3 is 0 Å². The number of hydrogen-bond donors (Lipinski definition) is 1. The Balaban J connectivity index is 1.79. The predicted molar refractivity (Wildman–Crippen MR) is 114 cm³/mol. The lowest BCUT2D eigenvalue weighted by Crippen LogP contribution is -2.30. The topological polar surface area (TPSA) is 62.6 Å². The third-order valence-electron chi connectivity index (χ3n) is 5.34. The van der Waals surface area contributed by atoms with Gasteiger partial charge in [0, 0.05) is 23.9 Å². The van der Waals surface area contributed by atoms with Gasteiger partial charge < -0.3 is 14.6 Å². The van der Waals surface area contributed by atoms with Gasteiger partial charge in [0.25, 0.3) is 11.8 Å². The first-order chi connectivity index (χ1) is 13.8. The number of nitrogens with zero attached hydrogens (tertiary/aromatic N) is 1. The van der Waals surface area contributed by atoms with Crippen molar-refractivity contribution in [2.45, 2.75) is 33.7 Å². The summed E-state index contributed by atoms with van der Waals surface area (Å²) in [6.07, 6.45) is 0. The van der Waals surface area contributed by atoms with E-state index in [-0.39, 0.29) is 17.9 Å². The van der Waals surface area contributed by atoms with Crippen LogP contribution in [0.4, 0.5) is 5.69 Å². The van der Waals surface area contributed by atoms with Gasteiger partial charge in [0.05, 0.1) is 11.6 Å². The SMILES string of the molecule is Cc1oc(C)c(C(=O)N(C)C(C)c2cccc(NC(=O)c3ccccc3)c2)c1C. The molecule has 0 fully saturated rings. The van der Waals surface area contributed by atoms with Gasteiger partial charge in [0.1, 0.15) is 11.5 Å². The second-order valence-electron chi connectivity index (χ2n) is 7.25. The average molecular weight is 390 g/mol. The molecule has 0 aliphatic rings. The average Bonchev–Trinajstić information content (AvgIpc) is 2.98. The number of rotatable bonds is 5. The molecule has 0 aliphatic carbocycles. The van der Waals surface area contributed by atoms with Crippen LogP contribution in [0.2, 0.25) is 0 Å². The van der Waals surface area contributed by atoms with Crippen LogP contribution in [0.1, 0.15) is 56.3 Å². The standard InChI is InChI=1S/C24H26N2O3/c1-15-17(3)29-18(4)22(15)24(28)26(5)16(2)20-12-9-13-21(14-20)25-23(27)19-10-7-6-8-11-19/h6-14,16H,1-5H3,(H,25,27). The van der Waals surface area contributed by atoms with E-state index in [4.69, 9.17) is 4.42 Å². The Morgan fingerprint density at radius 1 is 0.966 bits per heavy atom. The number of carbonyl (C=O) groups excluding carboxylic acids is 2. The molecule has 0 saturated carbocycles. The van der Waals surface area contributed by atoms with Crippen molar-refractivity contribution >= 4 is 17.5 Å². The summed E-state index contributed by atoms with van der Waals surface area (Å²) < 4.78 is 5.61. The summed E-state index contributed by atoms with van der Waals surface area (Å²) in [6.45, 7) is 7.54. The lowest BCUT2D eigenvalue weighted by Gasteiger charge is -2.26. The van der Waals surface area contributed by atoms with Gasteiger partial charge in [-0.2, -0.15) is 0 Å². The van der Waals surface area contributed by atoms with Crippen molar-refractivity contribution < 1.29 is 14.0 Å². The minimum absolute atomic E-state index is 0.0805. The first kappa shape index (κ1) is 20.4. The summed E-state index contributed by atoms with van der Waals surface area (Å²) >= 11 is 0. The maximum Gasteiger partial charge on any atom is 0.257 e. The molecule has 3 rings (SSSR count). The molecular weight excluding hydrogens is 364 g/mol. The van der Waals surface area contributed by atoms with Gasteiger partial charge in [-0.3, -0.25) is 9.59 Å². The molecule has 1 aromatic heterocycles. The Morgan fingerprint density at radius 3 is 2.28 bits per heavy atom. The molecule has 0 saturated heterocycles. The van der Waals surface area contributed by atoms with E-state index < -0.39 is 0 Å². The molecule has 5 heteroatoms. The molecule has 1 heterocycles. The van der Waals surface area contributed by atoms with Gasteiger partial charge in [-0.1, -0.05) is 30.3 Å². The van der Waals surface area contributed by atoms with E-state index in [0.29, 0.717) is 22.6 Å². The van der Waals surface area contributed by atoms with E-state index in [9.17, 15) is 9.59 Å². The number of hydrogen-bond acceptors (Lipinski definition) is 3. The molecule has 3 aromatic rings. The molecule has 0 radical (unpaired) electrons. The van der Waals surface area contributed by atoms with E-state index >= 15 is 0 Å². The van der Waals surface area contributed by atoms with Gasteiger partial charge in [-0.25, -0.2) is 0 Å². The summed E-state index contributed by atoms with van der Waals surface area (Å²) in [7, 11) is 1.78. The summed E-state index contributed by atoms with van der Waals surface area (Å²) in [5.41, 5.74) is 3.71. The lowest BCUT2D eigenvalue weighted by molar-refractivity contribution is 0.0740. The van der Waals surface area contributed by atoms with Crippen molar-refractivity contribution in [1.82, 2.24) is 4.90 Å². The fourth-order valence-electron chi connectivity index (χ4n) is 3.35. The highest BCUT2D eigenvalue weighted by Gasteiger charge is 2.25. The van der Waals surface area contributed by atoms with Crippen molar-refractivity contribution in [2.75, 3.05) is 12.4 Å². The van der Waals surface area contributed by atoms with Crippen LogP contribution in [0, 0.1) is 20.8 Å². The molecule has 1 atom stereocenters. The highest BCUT2D eigenvalue weighted by Crippen LogP contribution is 2.27. The van der Waals surface area contributed by atoms with Gasteiger partial charge in [-0.05, 0) is 57.5 Å². The fourth-order valence-corrected chi connectivity index (χ4v) is 3.35. The van der Waals surface area contributed by atoms with Crippen LogP contribution in [0.25, 0.3) is 0 Å². The normalized spacial score (nSPS) is 11.8. The number of anilines is 1. The van der Waals surface area contributed by atoms with E-state index in [0.717, 1.165) is 16.9 Å². The fraction of sp³-hybridized carbons (Fsp3) is 0.250. The smallest absolute Gasteiger partial charge is 0.257 e.